The molecule has 1 aliphatic heterocycles. The Morgan fingerprint density at radius 3 is 2.70 bits per heavy atom. The Bertz CT molecular complexity index is 743. The van der Waals surface area contributed by atoms with E-state index in [1.54, 1.807) is 24.3 Å². The fourth-order valence-electron chi connectivity index (χ4n) is 2.86. The van der Waals surface area contributed by atoms with Gasteiger partial charge in [-0.05, 0) is 36.1 Å². The van der Waals surface area contributed by atoms with E-state index in [1.807, 2.05) is 24.3 Å². The molecule has 5 nitrogen and oxygen atoms in total. The molecular formula is C18H18N2O3. The predicted molar refractivity (Wildman–Crippen MR) is 87.5 cm³/mol. The van der Waals surface area contributed by atoms with Crippen LogP contribution < -0.4 is 15.8 Å². The largest absolute Gasteiger partial charge is 0.493 e. The van der Waals surface area contributed by atoms with Gasteiger partial charge in [-0.1, -0.05) is 30.3 Å². The molecule has 1 atom stereocenters. The molecule has 0 aliphatic carbocycles. The van der Waals surface area contributed by atoms with Crippen LogP contribution in [0, 0.1) is 0 Å². The second-order valence-corrected chi connectivity index (χ2v) is 5.53. The van der Waals surface area contributed by atoms with E-state index in [2.05, 4.69) is 5.32 Å². The number of ether oxygens (including phenoxy) is 1. The van der Waals surface area contributed by atoms with E-state index < -0.39 is 5.91 Å². The van der Waals surface area contributed by atoms with E-state index in [0.717, 1.165) is 17.7 Å². The lowest BCUT2D eigenvalue weighted by molar-refractivity contribution is -0.116. The van der Waals surface area contributed by atoms with Crippen molar-refractivity contribution in [3.63, 3.8) is 0 Å². The van der Waals surface area contributed by atoms with Crippen LogP contribution in [0.2, 0.25) is 0 Å². The highest BCUT2D eigenvalue weighted by Crippen LogP contribution is 2.35. The topological polar surface area (TPSA) is 81.4 Å². The van der Waals surface area contributed by atoms with Crippen molar-refractivity contribution in [1.82, 2.24) is 0 Å². The summed E-state index contributed by atoms with van der Waals surface area (Å²) in [6.07, 6.45) is 1.13. The number of carbonyl (C=O) groups excluding carboxylic acids is 2. The van der Waals surface area contributed by atoms with Crippen molar-refractivity contribution < 1.29 is 14.3 Å². The normalized spacial score (nSPS) is 16.1. The molecule has 3 N–H and O–H groups in total. The average Bonchev–Trinajstić information content (AvgIpc) is 2.55. The zero-order valence-electron chi connectivity index (χ0n) is 12.6. The molecule has 0 spiro atoms. The van der Waals surface area contributed by atoms with Crippen LogP contribution >= 0.6 is 0 Å². The Morgan fingerprint density at radius 1 is 1.13 bits per heavy atom. The molecule has 1 heterocycles. The average molecular weight is 310 g/mol. The smallest absolute Gasteiger partial charge is 0.250 e. The van der Waals surface area contributed by atoms with E-state index in [9.17, 15) is 9.59 Å². The van der Waals surface area contributed by atoms with E-state index in [4.69, 9.17) is 10.5 Å². The minimum absolute atomic E-state index is 0.112. The number of nitrogens with one attached hydrogen (secondary N) is 1. The number of carbonyl (C=O) groups is 2. The number of hydrogen-bond donors (Lipinski definition) is 2. The molecule has 0 aromatic heterocycles. The van der Waals surface area contributed by atoms with Gasteiger partial charge >= 0.3 is 0 Å². The minimum Gasteiger partial charge on any atom is -0.493 e. The molecule has 0 saturated heterocycles. The summed E-state index contributed by atoms with van der Waals surface area (Å²) in [6, 6.07) is 14.5. The second-order valence-electron chi connectivity index (χ2n) is 5.53. The molecule has 0 fully saturated rings. The lowest BCUT2D eigenvalue weighted by atomic mass is 9.90. The highest BCUT2D eigenvalue weighted by molar-refractivity contribution is 6.03. The van der Waals surface area contributed by atoms with E-state index in [0.29, 0.717) is 24.3 Å². The zero-order valence-corrected chi connectivity index (χ0v) is 12.6. The van der Waals surface area contributed by atoms with Crippen molar-refractivity contribution >= 4 is 17.5 Å². The second kappa shape index (κ2) is 6.52. The van der Waals surface area contributed by atoms with Crippen LogP contribution in [0.4, 0.5) is 5.69 Å². The third kappa shape index (κ3) is 3.34. The van der Waals surface area contributed by atoms with Crippen LogP contribution in [0.25, 0.3) is 0 Å². The van der Waals surface area contributed by atoms with E-state index in [1.165, 1.54) is 0 Å². The lowest BCUT2D eigenvalue weighted by Crippen LogP contribution is -2.22. The summed E-state index contributed by atoms with van der Waals surface area (Å²) in [5.41, 5.74) is 7.15. The summed E-state index contributed by atoms with van der Waals surface area (Å²) in [6.45, 7) is 0.604. The summed E-state index contributed by atoms with van der Waals surface area (Å²) in [4.78, 5) is 23.8. The molecule has 3 rings (SSSR count). The Kier molecular flexibility index (Phi) is 4.28. The predicted octanol–water partition coefficient (Wildman–Crippen LogP) is 2.68. The number of anilines is 1. The SMILES string of the molecule is NC(=O)c1ccccc1NC(=O)CC1CCOc2ccccc21. The van der Waals surface area contributed by atoms with E-state index >= 15 is 0 Å². The van der Waals surface area contributed by atoms with Gasteiger partial charge in [-0.25, -0.2) is 0 Å². The van der Waals surface area contributed by atoms with Gasteiger partial charge in [0.25, 0.3) is 5.91 Å². The van der Waals surface area contributed by atoms with Crippen molar-refractivity contribution in [2.45, 2.75) is 18.8 Å². The number of rotatable bonds is 4. The van der Waals surface area contributed by atoms with Gasteiger partial charge in [0.15, 0.2) is 0 Å². The van der Waals surface area contributed by atoms with Crippen LogP contribution in [-0.2, 0) is 4.79 Å². The number of fused-ring (bicyclic) bond motifs is 1. The molecule has 23 heavy (non-hydrogen) atoms. The van der Waals surface area contributed by atoms with Crippen molar-refractivity contribution in [2.24, 2.45) is 5.73 Å². The summed E-state index contributed by atoms with van der Waals surface area (Å²) in [7, 11) is 0. The molecule has 0 bridgehead atoms. The van der Waals surface area contributed by atoms with Crippen LogP contribution in [-0.4, -0.2) is 18.4 Å². The maximum absolute atomic E-state index is 12.4. The van der Waals surface area contributed by atoms with Gasteiger partial charge < -0.3 is 15.8 Å². The van der Waals surface area contributed by atoms with Crippen molar-refractivity contribution in [1.29, 1.82) is 0 Å². The molecule has 2 amide bonds. The van der Waals surface area contributed by atoms with E-state index in [-0.39, 0.29) is 11.8 Å². The number of para-hydroxylation sites is 2. The van der Waals surface area contributed by atoms with Crippen molar-refractivity contribution in [2.75, 3.05) is 11.9 Å². The molecule has 0 radical (unpaired) electrons. The van der Waals surface area contributed by atoms with Gasteiger partial charge in [0.2, 0.25) is 5.91 Å². The van der Waals surface area contributed by atoms with Crippen LogP contribution in [0.1, 0.15) is 34.7 Å². The number of primary amides is 1. The first kappa shape index (κ1) is 15.1. The minimum atomic E-state index is -0.558. The first-order valence-electron chi connectivity index (χ1n) is 7.55. The van der Waals surface area contributed by atoms with Gasteiger partial charge in [-0.2, -0.15) is 0 Å². The fraction of sp³-hybridized carbons (Fsp3) is 0.222. The van der Waals surface area contributed by atoms with Crippen LogP contribution in [0.3, 0.4) is 0 Å². The molecule has 2 aromatic rings. The summed E-state index contributed by atoms with van der Waals surface area (Å²) >= 11 is 0. The van der Waals surface area contributed by atoms with Crippen LogP contribution in [0.15, 0.2) is 48.5 Å². The molecule has 0 saturated carbocycles. The van der Waals surface area contributed by atoms with Gasteiger partial charge in [-0.15, -0.1) is 0 Å². The van der Waals surface area contributed by atoms with Crippen molar-refractivity contribution in [3.05, 3.63) is 59.7 Å². The molecule has 5 heteroatoms. The first-order valence-corrected chi connectivity index (χ1v) is 7.55. The number of hydrogen-bond acceptors (Lipinski definition) is 3. The summed E-state index contributed by atoms with van der Waals surface area (Å²) < 4.78 is 5.61. The number of benzene rings is 2. The number of amides is 2. The standard InChI is InChI=1S/C18H18N2O3/c19-18(22)14-6-1-3-7-15(14)20-17(21)11-12-9-10-23-16-8-4-2-5-13(12)16/h1-8,12H,9-11H2,(H2,19,22)(H,20,21). The maximum Gasteiger partial charge on any atom is 0.250 e. The number of nitrogens with two attached hydrogens (primary N) is 1. The zero-order chi connectivity index (χ0) is 16.2. The Balaban J connectivity index is 1.73. The third-order valence-electron chi connectivity index (χ3n) is 3.98. The Labute approximate surface area is 134 Å². The molecule has 1 aliphatic rings. The Hall–Kier alpha value is -2.82. The quantitative estimate of drug-likeness (QED) is 0.911. The van der Waals surface area contributed by atoms with Gasteiger partial charge in [0, 0.05) is 6.42 Å². The van der Waals surface area contributed by atoms with Gasteiger partial charge in [-0.3, -0.25) is 9.59 Å². The molecule has 2 aromatic carbocycles. The molecular weight excluding hydrogens is 292 g/mol. The fourth-order valence-corrected chi connectivity index (χ4v) is 2.86. The van der Waals surface area contributed by atoms with Crippen molar-refractivity contribution in [3.8, 4) is 5.75 Å². The monoisotopic (exact) mass is 310 g/mol. The Morgan fingerprint density at radius 2 is 1.87 bits per heavy atom. The van der Waals surface area contributed by atoms with Gasteiger partial charge in [0.05, 0.1) is 17.9 Å². The van der Waals surface area contributed by atoms with Gasteiger partial charge in [0.1, 0.15) is 5.75 Å². The summed E-state index contributed by atoms with van der Waals surface area (Å²) in [5, 5.41) is 2.79. The summed E-state index contributed by atoms with van der Waals surface area (Å²) in [5.74, 6) is 0.257. The highest BCUT2D eigenvalue weighted by atomic mass is 16.5. The first-order chi connectivity index (χ1) is 11.1. The molecule has 118 valence electrons. The lowest BCUT2D eigenvalue weighted by Gasteiger charge is -2.25. The highest BCUT2D eigenvalue weighted by Gasteiger charge is 2.23. The maximum atomic E-state index is 12.4. The third-order valence-corrected chi connectivity index (χ3v) is 3.98. The van der Waals surface area contributed by atoms with Crippen LogP contribution in [0.5, 0.6) is 5.75 Å². The molecule has 1 unspecified atom stereocenters.